The minimum atomic E-state index is -0.714. The molecule has 0 aliphatic heterocycles. The molecule has 0 bridgehead atoms. The molecule has 7 heteroatoms. The van der Waals surface area contributed by atoms with E-state index in [0.29, 0.717) is 12.4 Å². The highest BCUT2D eigenvalue weighted by Gasteiger charge is 2.14. The van der Waals surface area contributed by atoms with E-state index in [-0.39, 0.29) is 18.2 Å². The smallest absolute Gasteiger partial charge is 0.323 e. The summed E-state index contributed by atoms with van der Waals surface area (Å²) in [5.74, 6) is -0.219. The second-order valence-corrected chi connectivity index (χ2v) is 3.84. The Kier molecular flexibility index (Phi) is 8.29. The Morgan fingerprint density at radius 3 is 2.88 bits per heavy atom. The van der Waals surface area contributed by atoms with Crippen LogP contribution in [0.25, 0.3) is 0 Å². The maximum atomic E-state index is 11.1. The van der Waals surface area contributed by atoms with E-state index in [0.717, 1.165) is 0 Å². The van der Waals surface area contributed by atoms with Gasteiger partial charge in [0.25, 0.3) is 0 Å². The number of carbonyl (C=O) groups is 2. The molecule has 3 N–H and O–H groups in total. The Labute approximate surface area is 98.5 Å². The number of esters is 1. The zero-order valence-corrected chi connectivity index (χ0v) is 9.88. The fourth-order valence-corrected chi connectivity index (χ4v) is 1.58. The van der Waals surface area contributed by atoms with E-state index in [4.69, 9.17) is 15.7 Å². The second kappa shape index (κ2) is 9.00. The highest BCUT2D eigenvalue weighted by Crippen LogP contribution is 2.02. The van der Waals surface area contributed by atoms with Crippen molar-refractivity contribution < 1.29 is 14.3 Å². The van der Waals surface area contributed by atoms with Crippen molar-refractivity contribution in [3.63, 3.8) is 0 Å². The summed E-state index contributed by atoms with van der Waals surface area (Å²) in [4.78, 5) is 22.1. The number of ether oxygens (including phenoxy) is 1. The third-order valence-electron chi connectivity index (χ3n) is 1.48. The van der Waals surface area contributed by atoms with Crippen LogP contribution in [-0.4, -0.2) is 42.6 Å². The van der Waals surface area contributed by atoms with Crippen LogP contribution in [0.2, 0.25) is 0 Å². The Balaban J connectivity index is 3.61. The Morgan fingerprint density at radius 1 is 1.62 bits per heavy atom. The molecule has 0 saturated carbocycles. The van der Waals surface area contributed by atoms with Gasteiger partial charge in [-0.2, -0.15) is 5.26 Å². The number of thioether (sulfide) groups is 1. The molecule has 6 nitrogen and oxygen atoms in total. The molecule has 0 radical (unpaired) electrons. The van der Waals surface area contributed by atoms with Gasteiger partial charge in [-0.1, -0.05) is 0 Å². The maximum absolute atomic E-state index is 11.1. The van der Waals surface area contributed by atoms with E-state index in [9.17, 15) is 9.59 Å². The number of nitrogens with two attached hydrogens (primary N) is 1. The Morgan fingerprint density at radius 2 is 2.31 bits per heavy atom. The van der Waals surface area contributed by atoms with E-state index in [1.807, 2.05) is 0 Å². The van der Waals surface area contributed by atoms with Gasteiger partial charge >= 0.3 is 5.97 Å². The van der Waals surface area contributed by atoms with Gasteiger partial charge in [-0.3, -0.25) is 9.59 Å². The summed E-state index contributed by atoms with van der Waals surface area (Å²) >= 11 is 1.23. The van der Waals surface area contributed by atoms with E-state index in [2.05, 4.69) is 5.32 Å². The predicted octanol–water partition coefficient (Wildman–Crippen LogP) is -0.750. The van der Waals surface area contributed by atoms with Crippen molar-refractivity contribution in [2.75, 3.05) is 24.7 Å². The summed E-state index contributed by atoms with van der Waals surface area (Å²) in [7, 11) is 0. The molecule has 16 heavy (non-hydrogen) atoms. The topological polar surface area (TPSA) is 105 Å². The average molecular weight is 245 g/mol. The highest BCUT2D eigenvalue weighted by atomic mass is 32.2. The molecule has 0 rings (SSSR count). The number of hydrogen-bond donors (Lipinski definition) is 2. The van der Waals surface area contributed by atoms with E-state index in [1.165, 1.54) is 11.8 Å². The van der Waals surface area contributed by atoms with Gasteiger partial charge in [0.05, 0.1) is 18.4 Å². The number of nitrogens with zero attached hydrogens (tertiary/aromatic N) is 1. The molecule has 1 atom stereocenters. The molecule has 1 unspecified atom stereocenters. The second-order valence-electron chi connectivity index (χ2n) is 2.81. The van der Waals surface area contributed by atoms with Gasteiger partial charge in [0.1, 0.15) is 12.6 Å². The standard InChI is InChI=1S/C9H15N3O3S/c1-2-15-9(14)7(11)5-16-6-8(13)12-4-3-10/h7H,2,4-6,11H2,1H3,(H,12,13). The first-order valence-corrected chi connectivity index (χ1v) is 5.90. The predicted molar refractivity (Wildman–Crippen MR) is 60.6 cm³/mol. The first kappa shape index (κ1) is 14.7. The van der Waals surface area contributed by atoms with Crippen molar-refractivity contribution in [2.45, 2.75) is 13.0 Å². The monoisotopic (exact) mass is 245 g/mol. The Bertz CT molecular complexity index is 278. The molecule has 0 saturated heterocycles. The van der Waals surface area contributed by atoms with Crippen LogP contribution in [0.15, 0.2) is 0 Å². The van der Waals surface area contributed by atoms with Gasteiger partial charge in [0.15, 0.2) is 0 Å². The van der Waals surface area contributed by atoms with Crippen molar-refractivity contribution in [1.82, 2.24) is 5.32 Å². The lowest BCUT2D eigenvalue weighted by molar-refractivity contribution is -0.144. The van der Waals surface area contributed by atoms with Gasteiger partial charge in [-0.05, 0) is 6.92 Å². The van der Waals surface area contributed by atoms with Gasteiger partial charge in [-0.25, -0.2) is 0 Å². The highest BCUT2D eigenvalue weighted by molar-refractivity contribution is 8.00. The van der Waals surface area contributed by atoms with Crippen molar-refractivity contribution in [3.8, 4) is 6.07 Å². The third kappa shape index (κ3) is 7.09. The van der Waals surface area contributed by atoms with Crippen molar-refractivity contribution in [2.24, 2.45) is 5.73 Å². The molecule has 1 amide bonds. The van der Waals surface area contributed by atoms with Crippen LogP contribution in [0.3, 0.4) is 0 Å². The van der Waals surface area contributed by atoms with E-state index in [1.54, 1.807) is 13.0 Å². The summed E-state index contributed by atoms with van der Waals surface area (Å²) in [6, 6.07) is 1.08. The first-order valence-electron chi connectivity index (χ1n) is 4.75. The third-order valence-corrected chi connectivity index (χ3v) is 2.55. The van der Waals surface area contributed by atoms with Crippen LogP contribution < -0.4 is 11.1 Å². The van der Waals surface area contributed by atoms with E-state index < -0.39 is 12.0 Å². The fraction of sp³-hybridized carbons (Fsp3) is 0.667. The van der Waals surface area contributed by atoms with Crippen molar-refractivity contribution in [1.29, 1.82) is 5.26 Å². The van der Waals surface area contributed by atoms with Gasteiger partial charge < -0.3 is 15.8 Å². The minimum absolute atomic E-state index is 0.0106. The number of carbonyl (C=O) groups excluding carboxylic acids is 2. The lowest BCUT2D eigenvalue weighted by Crippen LogP contribution is -2.35. The lowest BCUT2D eigenvalue weighted by atomic mass is 10.4. The largest absolute Gasteiger partial charge is 0.465 e. The molecule has 0 heterocycles. The fourth-order valence-electron chi connectivity index (χ4n) is 0.785. The molecular weight excluding hydrogens is 230 g/mol. The van der Waals surface area contributed by atoms with Crippen LogP contribution >= 0.6 is 11.8 Å². The van der Waals surface area contributed by atoms with E-state index >= 15 is 0 Å². The summed E-state index contributed by atoms with van der Waals surface area (Å²) in [5.41, 5.74) is 5.51. The lowest BCUT2D eigenvalue weighted by Gasteiger charge is -2.09. The normalized spacial score (nSPS) is 11.3. The molecule has 0 aromatic heterocycles. The number of nitriles is 1. The number of amides is 1. The quantitative estimate of drug-likeness (QED) is 0.451. The van der Waals surface area contributed by atoms with Gasteiger partial charge in [0.2, 0.25) is 5.91 Å². The zero-order valence-electron chi connectivity index (χ0n) is 9.06. The molecule has 0 aromatic carbocycles. The van der Waals surface area contributed by atoms with Crippen LogP contribution in [0.5, 0.6) is 0 Å². The zero-order chi connectivity index (χ0) is 12.4. The number of nitrogens with one attached hydrogen (secondary N) is 1. The first-order chi connectivity index (χ1) is 7.61. The molecule has 0 spiro atoms. The Hall–Kier alpha value is -1.26. The number of rotatable bonds is 7. The maximum Gasteiger partial charge on any atom is 0.323 e. The van der Waals surface area contributed by atoms with Gasteiger partial charge in [-0.15, -0.1) is 11.8 Å². The molecule has 0 aliphatic rings. The van der Waals surface area contributed by atoms with Crippen LogP contribution in [0.4, 0.5) is 0 Å². The SMILES string of the molecule is CCOC(=O)C(N)CSCC(=O)NCC#N. The summed E-state index contributed by atoms with van der Waals surface area (Å²) in [6.45, 7) is 1.98. The van der Waals surface area contributed by atoms with Crippen LogP contribution in [0, 0.1) is 11.3 Å². The minimum Gasteiger partial charge on any atom is -0.465 e. The summed E-state index contributed by atoms with van der Waals surface area (Å²) in [5, 5.41) is 10.6. The summed E-state index contributed by atoms with van der Waals surface area (Å²) < 4.78 is 4.71. The molecule has 0 aromatic rings. The van der Waals surface area contributed by atoms with Crippen molar-refractivity contribution in [3.05, 3.63) is 0 Å². The van der Waals surface area contributed by atoms with Crippen molar-refractivity contribution >= 4 is 23.6 Å². The molecule has 0 aliphatic carbocycles. The average Bonchev–Trinajstić information content (AvgIpc) is 2.26. The molecular formula is C9H15N3O3S. The van der Waals surface area contributed by atoms with Gasteiger partial charge in [0, 0.05) is 5.75 Å². The number of hydrogen-bond acceptors (Lipinski definition) is 6. The van der Waals surface area contributed by atoms with Crippen LogP contribution in [-0.2, 0) is 14.3 Å². The molecule has 90 valence electrons. The molecule has 0 fully saturated rings. The van der Waals surface area contributed by atoms with Crippen LogP contribution in [0.1, 0.15) is 6.92 Å². The summed E-state index contributed by atoms with van der Waals surface area (Å²) in [6.07, 6.45) is 0.